The average Bonchev–Trinajstić information content (AvgIpc) is 2.42. The van der Waals surface area contributed by atoms with Crippen molar-refractivity contribution in [2.24, 2.45) is 5.73 Å². The van der Waals surface area contributed by atoms with Crippen molar-refractivity contribution in [1.82, 2.24) is 0 Å². The van der Waals surface area contributed by atoms with E-state index in [9.17, 15) is 4.79 Å². The summed E-state index contributed by atoms with van der Waals surface area (Å²) in [6.07, 6.45) is 0.593. The fourth-order valence-corrected chi connectivity index (χ4v) is 1.93. The number of carbonyl (C=O) groups is 1. The van der Waals surface area contributed by atoms with Crippen LogP contribution in [0.5, 0.6) is 0 Å². The highest BCUT2D eigenvalue weighted by molar-refractivity contribution is 6.01. The molecule has 1 aliphatic carbocycles. The summed E-state index contributed by atoms with van der Waals surface area (Å²) < 4.78 is 0. The number of Topliss-reactive ketones (excluding diaryl/α,β-unsaturated/α-hetero) is 1. The van der Waals surface area contributed by atoms with Crippen molar-refractivity contribution >= 4 is 5.78 Å². The second kappa shape index (κ2) is 2.96. The van der Waals surface area contributed by atoms with Gasteiger partial charge in [-0.3, -0.25) is 4.79 Å². The van der Waals surface area contributed by atoms with Crippen LogP contribution in [0.3, 0.4) is 0 Å². The Bertz CT molecular complexity index is 357. The summed E-state index contributed by atoms with van der Waals surface area (Å²) in [4.78, 5) is 11.5. The van der Waals surface area contributed by atoms with Crippen LogP contribution in [0.1, 0.15) is 33.8 Å². The zero-order valence-electron chi connectivity index (χ0n) is 7.71. The Balaban J connectivity index is 2.52. The van der Waals surface area contributed by atoms with E-state index >= 15 is 0 Å². The maximum atomic E-state index is 11.5. The molecule has 0 aromatic heterocycles. The molecule has 2 nitrogen and oxygen atoms in total. The van der Waals surface area contributed by atoms with Crippen LogP contribution in [0, 0.1) is 6.92 Å². The molecule has 2 heteroatoms. The zero-order valence-corrected chi connectivity index (χ0v) is 7.71. The molecule has 2 N–H and O–H groups in total. The predicted molar refractivity (Wildman–Crippen MR) is 51.9 cm³/mol. The first kappa shape index (κ1) is 8.45. The van der Waals surface area contributed by atoms with Crippen LogP contribution in [0.2, 0.25) is 0 Å². The van der Waals surface area contributed by atoms with Crippen molar-refractivity contribution < 1.29 is 4.79 Å². The quantitative estimate of drug-likeness (QED) is 0.704. The number of benzene rings is 1. The first-order valence-corrected chi connectivity index (χ1v) is 4.56. The van der Waals surface area contributed by atoms with E-state index in [0.29, 0.717) is 13.0 Å². The average molecular weight is 175 g/mol. The van der Waals surface area contributed by atoms with E-state index in [1.807, 2.05) is 19.1 Å². The molecule has 0 bridgehead atoms. The summed E-state index contributed by atoms with van der Waals surface area (Å²) in [6, 6.07) is 5.98. The van der Waals surface area contributed by atoms with Crippen molar-refractivity contribution in [3.8, 4) is 0 Å². The molecule has 68 valence electrons. The number of ketones is 1. The summed E-state index contributed by atoms with van der Waals surface area (Å²) in [5, 5.41) is 0. The molecular formula is C11H13NO. The molecule has 0 spiro atoms. The van der Waals surface area contributed by atoms with Gasteiger partial charge in [-0.15, -0.1) is 0 Å². The zero-order chi connectivity index (χ0) is 9.42. The molecule has 13 heavy (non-hydrogen) atoms. The highest BCUT2D eigenvalue weighted by Crippen LogP contribution is 2.32. The predicted octanol–water partition coefficient (Wildman–Crippen LogP) is 1.62. The second-order valence-electron chi connectivity index (χ2n) is 3.65. The van der Waals surface area contributed by atoms with Crippen LogP contribution >= 0.6 is 0 Å². The standard InChI is InChI=1S/C11H13NO/c1-7-2-3-9-10(4-7)8(6-12)5-11(9)13/h2-4,8H,5-6,12H2,1H3. The van der Waals surface area contributed by atoms with Crippen LogP contribution < -0.4 is 5.73 Å². The van der Waals surface area contributed by atoms with Crippen molar-refractivity contribution in [3.63, 3.8) is 0 Å². The molecule has 1 aromatic rings. The van der Waals surface area contributed by atoms with Gasteiger partial charge < -0.3 is 5.73 Å². The maximum absolute atomic E-state index is 11.5. The van der Waals surface area contributed by atoms with Gasteiger partial charge in [0.1, 0.15) is 0 Å². The van der Waals surface area contributed by atoms with Gasteiger partial charge in [0.05, 0.1) is 0 Å². The smallest absolute Gasteiger partial charge is 0.163 e. The fourth-order valence-electron chi connectivity index (χ4n) is 1.93. The number of fused-ring (bicyclic) bond motifs is 1. The van der Waals surface area contributed by atoms with E-state index in [0.717, 1.165) is 11.1 Å². The number of hydrogen-bond acceptors (Lipinski definition) is 2. The summed E-state index contributed by atoms with van der Waals surface area (Å²) >= 11 is 0. The lowest BCUT2D eigenvalue weighted by molar-refractivity contribution is 0.0989. The van der Waals surface area contributed by atoms with Gasteiger partial charge >= 0.3 is 0 Å². The Hall–Kier alpha value is -1.15. The Morgan fingerprint density at radius 2 is 2.31 bits per heavy atom. The summed E-state index contributed by atoms with van der Waals surface area (Å²) in [5.41, 5.74) is 8.83. The van der Waals surface area contributed by atoms with Crippen molar-refractivity contribution in [1.29, 1.82) is 0 Å². The lowest BCUT2D eigenvalue weighted by Gasteiger charge is -2.06. The van der Waals surface area contributed by atoms with E-state index in [2.05, 4.69) is 6.07 Å². The van der Waals surface area contributed by atoms with Gasteiger partial charge in [-0.05, 0) is 19.0 Å². The highest BCUT2D eigenvalue weighted by atomic mass is 16.1. The third kappa shape index (κ3) is 1.27. The van der Waals surface area contributed by atoms with Crippen LogP contribution in [0.25, 0.3) is 0 Å². The minimum absolute atomic E-state index is 0.241. The van der Waals surface area contributed by atoms with Crippen molar-refractivity contribution in [3.05, 3.63) is 34.9 Å². The molecule has 0 radical (unpaired) electrons. The van der Waals surface area contributed by atoms with Gasteiger partial charge in [0.25, 0.3) is 0 Å². The first-order chi connectivity index (χ1) is 6.22. The minimum atomic E-state index is 0.241. The molecule has 0 fully saturated rings. The molecule has 1 unspecified atom stereocenters. The Morgan fingerprint density at radius 3 is 3.00 bits per heavy atom. The maximum Gasteiger partial charge on any atom is 0.163 e. The molecule has 1 atom stereocenters. The summed E-state index contributed by atoms with van der Waals surface area (Å²) in [6.45, 7) is 2.61. The van der Waals surface area contributed by atoms with Crippen molar-refractivity contribution in [2.45, 2.75) is 19.3 Å². The number of rotatable bonds is 1. The Labute approximate surface area is 77.8 Å². The van der Waals surface area contributed by atoms with E-state index in [-0.39, 0.29) is 11.7 Å². The van der Waals surface area contributed by atoms with E-state index in [1.165, 1.54) is 5.56 Å². The molecule has 0 saturated carbocycles. The lowest BCUT2D eigenvalue weighted by atomic mass is 10.00. The monoisotopic (exact) mass is 175 g/mol. The molecule has 0 aliphatic heterocycles. The molecule has 0 heterocycles. The Kier molecular flexibility index (Phi) is 1.93. The van der Waals surface area contributed by atoms with Crippen molar-refractivity contribution in [2.75, 3.05) is 6.54 Å². The third-order valence-electron chi connectivity index (χ3n) is 2.66. The topological polar surface area (TPSA) is 43.1 Å². The van der Waals surface area contributed by atoms with E-state index in [4.69, 9.17) is 5.73 Å². The number of hydrogen-bond donors (Lipinski definition) is 1. The van der Waals surface area contributed by atoms with E-state index < -0.39 is 0 Å². The molecule has 1 aliphatic rings. The third-order valence-corrected chi connectivity index (χ3v) is 2.66. The molecule has 2 rings (SSSR count). The largest absolute Gasteiger partial charge is 0.330 e. The van der Waals surface area contributed by atoms with Gasteiger partial charge in [0.15, 0.2) is 5.78 Å². The van der Waals surface area contributed by atoms with Gasteiger partial charge in [-0.2, -0.15) is 0 Å². The van der Waals surface area contributed by atoms with Gasteiger partial charge in [0, 0.05) is 17.9 Å². The number of aryl methyl sites for hydroxylation is 1. The SMILES string of the molecule is Cc1ccc2c(c1)C(CN)CC2=O. The molecule has 0 saturated heterocycles. The van der Waals surface area contributed by atoms with Crippen LogP contribution in [0.4, 0.5) is 0 Å². The van der Waals surface area contributed by atoms with Gasteiger partial charge in [-0.25, -0.2) is 0 Å². The van der Waals surface area contributed by atoms with Crippen LogP contribution in [0.15, 0.2) is 18.2 Å². The summed E-state index contributed by atoms with van der Waals surface area (Å²) in [7, 11) is 0. The lowest BCUT2D eigenvalue weighted by Crippen LogP contribution is -2.09. The van der Waals surface area contributed by atoms with Gasteiger partial charge in [-0.1, -0.05) is 23.8 Å². The van der Waals surface area contributed by atoms with E-state index in [1.54, 1.807) is 0 Å². The van der Waals surface area contributed by atoms with Crippen LogP contribution in [-0.2, 0) is 0 Å². The second-order valence-corrected chi connectivity index (χ2v) is 3.65. The molecular weight excluding hydrogens is 162 g/mol. The molecule has 0 amide bonds. The first-order valence-electron chi connectivity index (χ1n) is 4.56. The number of carbonyl (C=O) groups excluding carboxylic acids is 1. The van der Waals surface area contributed by atoms with Gasteiger partial charge in [0.2, 0.25) is 0 Å². The van der Waals surface area contributed by atoms with Crippen LogP contribution in [-0.4, -0.2) is 12.3 Å². The highest BCUT2D eigenvalue weighted by Gasteiger charge is 2.27. The number of nitrogens with two attached hydrogens (primary N) is 1. The summed E-state index contributed by atoms with van der Waals surface area (Å²) in [5.74, 6) is 0.493. The molecule has 1 aromatic carbocycles. The fraction of sp³-hybridized carbons (Fsp3) is 0.364. The normalized spacial score (nSPS) is 20.5. The Morgan fingerprint density at radius 1 is 1.54 bits per heavy atom. The minimum Gasteiger partial charge on any atom is -0.330 e.